The van der Waals surface area contributed by atoms with Gasteiger partial charge in [-0.05, 0) is 36.2 Å². The lowest BCUT2D eigenvalue weighted by Gasteiger charge is -2.07. The third kappa shape index (κ3) is 3.30. The molecule has 104 valence electrons. The Morgan fingerprint density at radius 2 is 1.95 bits per heavy atom. The van der Waals surface area contributed by atoms with E-state index >= 15 is 0 Å². The SMILES string of the molecule is Cc1cc([N+](=O)[O-])c(Cl)cc1Sc1ccc(CO)cc1. The van der Waals surface area contributed by atoms with Gasteiger partial charge in [0.1, 0.15) is 5.02 Å². The number of nitro groups is 1. The van der Waals surface area contributed by atoms with Crippen LogP contribution in [0.3, 0.4) is 0 Å². The van der Waals surface area contributed by atoms with Crippen LogP contribution in [-0.4, -0.2) is 10.0 Å². The second-order valence-corrected chi connectivity index (χ2v) is 5.75. The lowest BCUT2D eigenvalue weighted by molar-refractivity contribution is -0.384. The standard InChI is InChI=1S/C14H12ClNO3S/c1-9-6-13(16(18)19)12(15)7-14(9)20-11-4-2-10(8-17)3-5-11/h2-7,17H,8H2,1H3. The fourth-order valence-corrected chi connectivity index (χ4v) is 2.91. The zero-order chi connectivity index (χ0) is 14.7. The second kappa shape index (κ2) is 6.26. The number of hydrogen-bond donors (Lipinski definition) is 1. The van der Waals surface area contributed by atoms with E-state index in [0.29, 0.717) is 0 Å². The summed E-state index contributed by atoms with van der Waals surface area (Å²) in [6, 6.07) is 10.6. The van der Waals surface area contributed by atoms with E-state index in [1.54, 1.807) is 6.07 Å². The highest BCUT2D eigenvalue weighted by molar-refractivity contribution is 7.99. The minimum absolute atomic E-state index is 0.00728. The Kier molecular flexibility index (Phi) is 4.65. The molecule has 4 nitrogen and oxygen atoms in total. The molecule has 0 amide bonds. The molecule has 20 heavy (non-hydrogen) atoms. The van der Waals surface area contributed by atoms with Gasteiger partial charge in [0.05, 0.1) is 11.5 Å². The average molecular weight is 310 g/mol. The van der Waals surface area contributed by atoms with E-state index in [9.17, 15) is 10.1 Å². The monoisotopic (exact) mass is 309 g/mol. The molecule has 0 saturated heterocycles. The van der Waals surface area contributed by atoms with Crippen molar-refractivity contribution in [2.24, 2.45) is 0 Å². The van der Waals surface area contributed by atoms with E-state index in [0.717, 1.165) is 20.9 Å². The van der Waals surface area contributed by atoms with Crippen molar-refractivity contribution in [2.45, 2.75) is 23.3 Å². The number of aliphatic hydroxyl groups is 1. The summed E-state index contributed by atoms with van der Waals surface area (Å²) in [7, 11) is 0. The number of aryl methyl sites for hydroxylation is 1. The fraction of sp³-hybridized carbons (Fsp3) is 0.143. The van der Waals surface area contributed by atoms with Crippen LogP contribution in [0.2, 0.25) is 5.02 Å². The van der Waals surface area contributed by atoms with Crippen molar-refractivity contribution in [1.29, 1.82) is 0 Å². The molecule has 0 spiro atoms. The molecule has 0 fully saturated rings. The van der Waals surface area contributed by atoms with Crippen LogP contribution in [0.5, 0.6) is 0 Å². The molecule has 0 atom stereocenters. The molecular formula is C14H12ClNO3S. The highest BCUT2D eigenvalue weighted by atomic mass is 35.5. The Labute approximate surface area is 125 Å². The molecular weight excluding hydrogens is 298 g/mol. The van der Waals surface area contributed by atoms with Crippen molar-refractivity contribution in [3.05, 3.63) is 62.7 Å². The van der Waals surface area contributed by atoms with Gasteiger partial charge in [-0.3, -0.25) is 10.1 Å². The average Bonchev–Trinajstić information content (AvgIpc) is 2.43. The van der Waals surface area contributed by atoms with Gasteiger partial charge in [0.15, 0.2) is 0 Å². The maximum atomic E-state index is 10.8. The van der Waals surface area contributed by atoms with Crippen LogP contribution >= 0.6 is 23.4 Å². The minimum atomic E-state index is -0.486. The topological polar surface area (TPSA) is 63.4 Å². The number of rotatable bonds is 4. The smallest absolute Gasteiger partial charge is 0.288 e. The van der Waals surface area contributed by atoms with Crippen LogP contribution in [0.15, 0.2) is 46.2 Å². The summed E-state index contributed by atoms with van der Waals surface area (Å²) in [6.07, 6.45) is 0. The molecule has 1 N–H and O–H groups in total. The predicted molar refractivity (Wildman–Crippen MR) is 79.3 cm³/mol. The lowest BCUT2D eigenvalue weighted by atomic mass is 10.2. The summed E-state index contributed by atoms with van der Waals surface area (Å²) in [5.41, 5.74) is 1.56. The number of nitro benzene ring substituents is 1. The number of benzene rings is 2. The van der Waals surface area contributed by atoms with Crippen LogP contribution in [0, 0.1) is 17.0 Å². The van der Waals surface area contributed by atoms with E-state index in [4.69, 9.17) is 16.7 Å². The van der Waals surface area contributed by atoms with Crippen LogP contribution in [0.1, 0.15) is 11.1 Å². The fourth-order valence-electron chi connectivity index (χ4n) is 1.69. The first-order chi connectivity index (χ1) is 9.51. The molecule has 0 aromatic heterocycles. The highest BCUT2D eigenvalue weighted by Crippen LogP contribution is 2.36. The van der Waals surface area contributed by atoms with E-state index < -0.39 is 4.92 Å². The summed E-state index contributed by atoms with van der Waals surface area (Å²) in [5, 5.41) is 19.9. The predicted octanol–water partition coefficient (Wildman–Crippen LogP) is 4.20. The molecule has 0 aliphatic heterocycles. The third-order valence-electron chi connectivity index (χ3n) is 2.77. The zero-order valence-electron chi connectivity index (χ0n) is 10.7. The van der Waals surface area contributed by atoms with Crippen molar-refractivity contribution in [3.8, 4) is 0 Å². The Morgan fingerprint density at radius 1 is 1.30 bits per heavy atom. The van der Waals surface area contributed by atoms with E-state index in [-0.39, 0.29) is 17.3 Å². The summed E-state index contributed by atoms with van der Waals surface area (Å²) in [5.74, 6) is 0. The van der Waals surface area contributed by atoms with Gasteiger partial charge in [-0.1, -0.05) is 35.5 Å². The molecule has 0 unspecified atom stereocenters. The number of aliphatic hydroxyl groups excluding tert-OH is 1. The van der Waals surface area contributed by atoms with Gasteiger partial charge in [0.25, 0.3) is 5.69 Å². The lowest BCUT2D eigenvalue weighted by Crippen LogP contribution is -1.91. The van der Waals surface area contributed by atoms with Gasteiger partial charge >= 0.3 is 0 Å². The van der Waals surface area contributed by atoms with E-state index in [1.807, 2.05) is 31.2 Å². The highest BCUT2D eigenvalue weighted by Gasteiger charge is 2.15. The maximum absolute atomic E-state index is 10.8. The van der Waals surface area contributed by atoms with Gasteiger partial charge in [0.2, 0.25) is 0 Å². The normalized spacial score (nSPS) is 10.6. The molecule has 2 aromatic carbocycles. The number of nitrogens with zero attached hydrogens (tertiary/aromatic N) is 1. The van der Waals surface area contributed by atoms with Gasteiger partial charge in [-0.25, -0.2) is 0 Å². The van der Waals surface area contributed by atoms with Gasteiger partial charge in [0, 0.05) is 15.9 Å². The molecule has 0 aliphatic carbocycles. The van der Waals surface area contributed by atoms with E-state index in [2.05, 4.69) is 0 Å². The molecule has 2 aromatic rings. The third-order valence-corrected chi connectivity index (χ3v) is 4.25. The molecule has 2 rings (SSSR count). The molecule has 0 radical (unpaired) electrons. The Balaban J connectivity index is 2.29. The van der Waals surface area contributed by atoms with Crippen LogP contribution < -0.4 is 0 Å². The van der Waals surface area contributed by atoms with Gasteiger partial charge in [-0.15, -0.1) is 0 Å². The Morgan fingerprint density at radius 3 is 2.50 bits per heavy atom. The molecule has 0 aliphatic rings. The maximum Gasteiger partial charge on any atom is 0.288 e. The quantitative estimate of drug-likeness (QED) is 0.679. The van der Waals surface area contributed by atoms with E-state index in [1.165, 1.54) is 17.8 Å². The van der Waals surface area contributed by atoms with Crippen molar-refractivity contribution >= 4 is 29.1 Å². The van der Waals surface area contributed by atoms with Crippen LogP contribution in [-0.2, 0) is 6.61 Å². The first kappa shape index (κ1) is 14.8. The second-order valence-electron chi connectivity index (χ2n) is 4.23. The van der Waals surface area contributed by atoms with Gasteiger partial charge in [-0.2, -0.15) is 0 Å². The Hall–Kier alpha value is -1.56. The number of hydrogen-bond acceptors (Lipinski definition) is 4. The first-order valence-corrected chi connectivity index (χ1v) is 7.03. The van der Waals surface area contributed by atoms with Crippen molar-refractivity contribution in [2.75, 3.05) is 0 Å². The summed E-state index contributed by atoms with van der Waals surface area (Å²) in [4.78, 5) is 12.2. The Bertz CT molecular complexity index is 644. The summed E-state index contributed by atoms with van der Waals surface area (Å²) >= 11 is 7.40. The van der Waals surface area contributed by atoms with Crippen LogP contribution in [0.25, 0.3) is 0 Å². The molecule has 0 saturated carbocycles. The molecule has 0 bridgehead atoms. The zero-order valence-corrected chi connectivity index (χ0v) is 12.2. The molecule has 6 heteroatoms. The van der Waals surface area contributed by atoms with Crippen molar-refractivity contribution in [1.82, 2.24) is 0 Å². The first-order valence-electron chi connectivity index (χ1n) is 5.83. The molecule has 0 heterocycles. The summed E-state index contributed by atoms with van der Waals surface area (Å²) < 4.78 is 0. The van der Waals surface area contributed by atoms with Gasteiger partial charge < -0.3 is 5.11 Å². The largest absolute Gasteiger partial charge is 0.392 e. The van der Waals surface area contributed by atoms with Crippen LogP contribution in [0.4, 0.5) is 5.69 Å². The van der Waals surface area contributed by atoms with Crippen molar-refractivity contribution < 1.29 is 10.0 Å². The summed E-state index contributed by atoms with van der Waals surface area (Å²) in [6.45, 7) is 1.82. The number of halogens is 1. The van der Waals surface area contributed by atoms with Crippen molar-refractivity contribution in [3.63, 3.8) is 0 Å². The minimum Gasteiger partial charge on any atom is -0.392 e.